The number of ether oxygens (including phenoxy) is 3. The molecular weight excluding hydrogens is 500 g/mol. The Morgan fingerprint density at radius 1 is 1.05 bits per heavy atom. The number of primary amides is 1. The van der Waals surface area contributed by atoms with Crippen molar-refractivity contribution in [3.05, 3.63) is 53.6 Å². The molecule has 1 heterocycles. The van der Waals surface area contributed by atoms with Gasteiger partial charge < -0.3 is 30.0 Å². The van der Waals surface area contributed by atoms with Gasteiger partial charge in [0.05, 0.1) is 24.6 Å². The number of carbonyl (C=O) groups is 2. The number of benzene rings is 2. The number of alkyl halides is 4. The summed E-state index contributed by atoms with van der Waals surface area (Å²) in [4.78, 5) is 25.8. The van der Waals surface area contributed by atoms with E-state index in [1.807, 2.05) is 0 Å². The van der Waals surface area contributed by atoms with Gasteiger partial charge in [0, 0.05) is 31.9 Å². The van der Waals surface area contributed by atoms with Gasteiger partial charge in [0.1, 0.15) is 29.5 Å². The number of aliphatic hydroxyl groups excluding tert-OH is 1. The average molecular weight is 526 g/mol. The molecule has 2 unspecified atom stereocenters. The smallest absolute Gasteiger partial charge is 0.490 e. The largest absolute Gasteiger partial charge is 0.573 e. The van der Waals surface area contributed by atoms with E-state index in [0.29, 0.717) is 24.2 Å². The van der Waals surface area contributed by atoms with Crippen LogP contribution in [-0.2, 0) is 11.2 Å². The number of rotatable bonds is 8. The maximum Gasteiger partial charge on any atom is 0.573 e. The molecule has 37 heavy (non-hydrogen) atoms. The molecule has 200 valence electrons. The van der Waals surface area contributed by atoms with Gasteiger partial charge in [0.2, 0.25) is 5.91 Å². The SMILES string of the molecule is NC(=O)c1ccc(OC2CC(O)C2)cc1OC1CCN(C(=O)Cc2ccc(OC(F)(F)F)cc2)CC1F. The summed E-state index contributed by atoms with van der Waals surface area (Å²) in [5.41, 5.74) is 5.95. The third-order valence-electron chi connectivity index (χ3n) is 6.22. The number of nitrogens with two attached hydrogens (primary N) is 1. The molecule has 0 aromatic heterocycles. The van der Waals surface area contributed by atoms with Gasteiger partial charge in [-0.2, -0.15) is 0 Å². The molecule has 1 aliphatic carbocycles. The number of amides is 2. The summed E-state index contributed by atoms with van der Waals surface area (Å²) in [5.74, 6) is -1.08. The van der Waals surface area contributed by atoms with E-state index < -0.39 is 36.4 Å². The predicted octanol–water partition coefficient (Wildman–Crippen LogP) is 3.15. The Bertz CT molecular complexity index is 1120. The zero-order chi connectivity index (χ0) is 26.7. The first-order valence-electron chi connectivity index (χ1n) is 11.7. The van der Waals surface area contributed by atoms with Crippen molar-refractivity contribution < 1.29 is 46.5 Å². The fourth-order valence-electron chi connectivity index (χ4n) is 4.20. The number of likely N-dealkylation sites (tertiary alicyclic amines) is 1. The standard InChI is InChI=1S/C25H26F4N2O6/c26-20-13-31(23(33)9-14-1-3-16(4-2-14)37-25(27,28)29)8-7-21(20)36-22-12-17(5-6-19(22)24(30)34)35-18-10-15(32)11-18/h1-6,12,15,18,20-21,32H,7-11,13H2,(H2,30,34). The van der Waals surface area contributed by atoms with Crippen LogP contribution in [0.3, 0.4) is 0 Å². The van der Waals surface area contributed by atoms with E-state index >= 15 is 4.39 Å². The molecule has 2 atom stereocenters. The average Bonchev–Trinajstić information content (AvgIpc) is 2.79. The van der Waals surface area contributed by atoms with E-state index in [1.54, 1.807) is 6.07 Å². The van der Waals surface area contributed by atoms with Crippen LogP contribution in [0.1, 0.15) is 35.2 Å². The monoisotopic (exact) mass is 526 g/mol. The first-order chi connectivity index (χ1) is 17.5. The number of nitrogens with zero attached hydrogens (tertiary/aromatic N) is 1. The lowest BCUT2D eigenvalue weighted by molar-refractivity contribution is -0.274. The van der Waals surface area contributed by atoms with Crippen molar-refractivity contribution in [1.82, 2.24) is 4.90 Å². The third-order valence-corrected chi connectivity index (χ3v) is 6.22. The molecule has 0 radical (unpaired) electrons. The summed E-state index contributed by atoms with van der Waals surface area (Å²) in [5, 5.41) is 9.43. The topological polar surface area (TPSA) is 111 Å². The summed E-state index contributed by atoms with van der Waals surface area (Å²) >= 11 is 0. The molecule has 0 bridgehead atoms. The summed E-state index contributed by atoms with van der Waals surface area (Å²) in [6.07, 6.45) is -6.90. The van der Waals surface area contributed by atoms with Crippen LogP contribution in [0.5, 0.6) is 17.2 Å². The molecule has 1 saturated heterocycles. The number of aliphatic hydroxyl groups is 1. The molecule has 0 spiro atoms. The number of hydrogen-bond acceptors (Lipinski definition) is 6. The predicted molar refractivity (Wildman–Crippen MR) is 122 cm³/mol. The van der Waals surface area contributed by atoms with Crippen LogP contribution in [0.25, 0.3) is 0 Å². The molecule has 1 aliphatic heterocycles. The Morgan fingerprint density at radius 2 is 1.73 bits per heavy atom. The second kappa shape index (κ2) is 10.8. The Balaban J connectivity index is 1.34. The molecule has 2 amide bonds. The molecule has 1 saturated carbocycles. The minimum atomic E-state index is -4.81. The second-order valence-corrected chi connectivity index (χ2v) is 9.06. The highest BCUT2D eigenvalue weighted by molar-refractivity contribution is 5.95. The van der Waals surface area contributed by atoms with Crippen LogP contribution in [0.15, 0.2) is 42.5 Å². The van der Waals surface area contributed by atoms with E-state index in [0.717, 1.165) is 12.1 Å². The van der Waals surface area contributed by atoms with Crippen molar-refractivity contribution in [2.45, 2.75) is 56.5 Å². The third kappa shape index (κ3) is 7.03. The quantitative estimate of drug-likeness (QED) is 0.512. The van der Waals surface area contributed by atoms with Crippen molar-refractivity contribution in [2.24, 2.45) is 5.73 Å². The van der Waals surface area contributed by atoms with Crippen LogP contribution < -0.4 is 19.9 Å². The van der Waals surface area contributed by atoms with Gasteiger partial charge >= 0.3 is 6.36 Å². The number of carbonyl (C=O) groups excluding carboxylic acids is 2. The first-order valence-corrected chi connectivity index (χ1v) is 11.7. The zero-order valence-electron chi connectivity index (χ0n) is 19.6. The highest BCUT2D eigenvalue weighted by Crippen LogP contribution is 2.32. The normalized spacial score (nSPS) is 23.6. The van der Waals surface area contributed by atoms with Gasteiger partial charge in [-0.15, -0.1) is 13.2 Å². The van der Waals surface area contributed by atoms with Crippen LogP contribution in [0.4, 0.5) is 17.6 Å². The van der Waals surface area contributed by atoms with Gasteiger partial charge in [-0.25, -0.2) is 4.39 Å². The van der Waals surface area contributed by atoms with E-state index in [9.17, 15) is 27.9 Å². The van der Waals surface area contributed by atoms with Gasteiger partial charge in [-0.05, 0) is 29.8 Å². The molecule has 2 aromatic rings. The molecule has 2 fully saturated rings. The maximum absolute atomic E-state index is 15.0. The summed E-state index contributed by atoms with van der Waals surface area (Å²) in [7, 11) is 0. The Morgan fingerprint density at radius 3 is 2.32 bits per heavy atom. The number of hydrogen-bond donors (Lipinski definition) is 2. The van der Waals surface area contributed by atoms with E-state index in [2.05, 4.69) is 4.74 Å². The lowest BCUT2D eigenvalue weighted by Gasteiger charge is -2.35. The minimum absolute atomic E-state index is 0.0599. The Labute approximate surface area is 209 Å². The molecular formula is C25H26F4N2O6. The molecule has 8 nitrogen and oxygen atoms in total. The van der Waals surface area contributed by atoms with Crippen molar-refractivity contribution in [1.29, 1.82) is 0 Å². The molecule has 2 aromatic carbocycles. The maximum atomic E-state index is 15.0. The van der Waals surface area contributed by atoms with Crippen LogP contribution in [0, 0.1) is 0 Å². The van der Waals surface area contributed by atoms with Crippen molar-refractivity contribution in [3.63, 3.8) is 0 Å². The lowest BCUT2D eigenvalue weighted by atomic mass is 9.92. The zero-order valence-corrected chi connectivity index (χ0v) is 19.6. The van der Waals surface area contributed by atoms with Crippen molar-refractivity contribution in [2.75, 3.05) is 13.1 Å². The van der Waals surface area contributed by atoms with Gasteiger partial charge in [0.25, 0.3) is 5.91 Å². The van der Waals surface area contributed by atoms with Gasteiger partial charge in [-0.1, -0.05) is 12.1 Å². The van der Waals surface area contributed by atoms with E-state index in [1.165, 1.54) is 29.2 Å². The summed E-state index contributed by atoms with van der Waals surface area (Å²) < 4.78 is 67.3. The molecule has 12 heteroatoms. The van der Waals surface area contributed by atoms with Crippen molar-refractivity contribution in [3.8, 4) is 17.2 Å². The van der Waals surface area contributed by atoms with E-state index in [4.69, 9.17) is 15.2 Å². The highest BCUT2D eigenvalue weighted by atomic mass is 19.4. The van der Waals surface area contributed by atoms with Gasteiger partial charge in [-0.3, -0.25) is 9.59 Å². The second-order valence-electron chi connectivity index (χ2n) is 9.06. The molecule has 4 rings (SSSR count). The van der Waals surface area contributed by atoms with Crippen molar-refractivity contribution >= 4 is 11.8 Å². The Hall–Kier alpha value is -3.54. The number of piperidine rings is 1. The summed E-state index contributed by atoms with van der Waals surface area (Å²) in [6, 6.07) is 9.33. The van der Waals surface area contributed by atoms with Crippen LogP contribution in [0.2, 0.25) is 0 Å². The summed E-state index contributed by atoms with van der Waals surface area (Å²) in [6.45, 7) is -0.0674. The first kappa shape index (κ1) is 26.5. The van der Waals surface area contributed by atoms with E-state index in [-0.39, 0.29) is 49.3 Å². The fraction of sp³-hybridized carbons (Fsp3) is 0.440. The fourth-order valence-corrected chi connectivity index (χ4v) is 4.20. The minimum Gasteiger partial charge on any atom is -0.490 e. The number of halogens is 4. The van der Waals surface area contributed by atoms with Crippen LogP contribution in [-0.4, -0.2) is 65.8 Å². The molecule has 3 N–H and O–H groups in total. The van der Waals surface area contributed by atoms with Gasteiger partial charge in [0.15, 0.2) is 6.17 Å². The van der Waals surface area contributed by atoms with Crippen LogP contribution >= 0.6 is 0 Å². The lowest BCUT2D eigenvalue weighted by Crippen LogP contribution is -2.49. The molecule has 2 aliphatic rings. The Kier molecular flexibility index (Phi) is 7.76. The highest BCUT2D eigenvalue weighted by Gasteiger charge is 2.35.